The Morgan fingerprint density at radius 2 is 1.68 bits per heavy atom. The van der Waals surface area contributed by atoms with Crippen LogP contribution in [0.1, 0.15) is 68.8 Å². The van der Waals surface area contributed by atoms with E-state index in [1.807, 2.05) is 73.0 Å². The van der Waals surface area contributed by atoms with Crippen molar-refractivity contribution in [3.05, 3.63) is 77.9 Å². The number of para-hydroxylation sites is 1. The number of esters is 1. The van der Waals surface area contributed by atoms with Gasteiger partial charge in [-0.25, -0.2) is 14.3 Å². The average Bonchev–Trinajstić information content (AvgIpc) is 3.70. The summed E-state index contributed by atoms with van der Waals surface area (Å²) in [6.07, 6.45) is 2.65. The van der Waals surface area contributed by atoms with Crippen molar-refractivity contribution >= 4 is 23.2 Å². The molecular weight excluding hydrogens is 600 g/mol. The average molecular weight is 639 g/mol. The van der Waals surface area contributed by atoms with Crippen LogP contribution in [-0.4, -0.2) is 60.9 Å². The lowest BCUT2D eigenvalue weighted by molar-refractivity contribution is -0.0914. The molecule has 0 N–H and O–H groups in total. The molecular formula is C35H38N6O6. The predicted octanol–water partition coefficient (Wildman–Crippen LogP) is 6.81. The Morgan fingerprint density at radius 1 is 0.915 bits per heavy atom. The van der Waals surface area contributed by atoms with E-state index in [4.69, 9.17) is 18.9 Å². The van der Waals surface area contributed by atoms with Gasteiger partial charge in [0.1, 0.15) is 6.10 Å². The van der Waals surface area contributed by atoms with E-state index in [1.54, 1.807) is 16.8 Å². The monoisotopic (exact) mass is 638 g/mol. The first kappa shape index (κ1) is 31.7. The molecule has 12 heteroatoms. The van der Waals surface area contributed by atoms with E-state index >= 15 is 0 Å². The van der Waals surface area contributed by atoms with E-state index in [-0.39, 0.29) is 11.7 Å². The largest absolute Gasteiger partial charge is 0.511 e. The van der Waals surface area contributed by atoms with E-state index < -0.39 is 18.4 Å². The second-order valence-corrected chi connectivity index (χ2v) is 11.4. The van der Waals surface area contributed by atoms with Crippen LogP contribution in [0.2, 0.25) is 0 Å². The number of hydrogen-bond acceptors (Lipinski definition) is 10. The first-order valence-electron chi connectivity index (χ1n) is 16.1. The van der Waals surface area contributed by atoms with Crippen LogP contribution < -0.4 is 4.74 Å². The summed E-state index contributed by atoms with van der Waals surface area (Å²) in [5.74, 6) is 0.0535. The molecule has 12 nitrogen and oxygen atoms in total. The van der Waals surface area contributed by atoms with Gasteiger partial charge >= 0.3 is 12.1 Å². The molecule has 47 heavy (non-hydrogen) atoms. The van der Waals surface area contributed by atoms with Gasteiger partial charge in [0.2, 0.25) is 6.29 Å². The van der Waals surface area contributed by atoms with Gasteiger partial charge in [-0.15, -0.1) is 5.10 Å². The Kier molecular flexibility index (Phi) is 9.75. The molecule has 1 saturated carbocycles. The van der Waals surface area contributed by atoms with Crippen molar-refractivity contribution in [1.29, 1.82) is 0 Å². The van der Waals surface area contributed by atoms with Gasteiger partial charge in [0.05, 0.1) is 29.7 Å². The van der Waals surface area contributed by atoms with Gasteiger partial charge in [0.15, 0.2) is 5.82 Å². The molecule has 1 fully saturated rings. The quantitative estimate of drug-likeness (QED) is 0.112. The number of tetrazole rings is 1. The van der Waals surface area contributed by atoms with Crippen LogP contribution in [0.3, 0.4) is 0 Å². The number of carbonyl (C=O) groups is 2. The molecule has 0 spiro atoms. The minimum Gasteiger partial charge on any atom is -0.465 e. The molecule has 3 aromatic carbocycles. The van der Waals surface area contributed by atoms with Crippen LogP contribution in [0.4, 0.5) is 4.79 Å². The Labute approximate surface area is 272 Å². The molecule has 0 unspecified atom stereocenters. The molecule has 0 radical (unpaired) electrons. The zero-order valence-corrected chi connectivity index (χ0v) is 26.8. The van der Waals surface area contributed by atoms with Crippen LogP contribution in [-0.2, 0) is 27.3 Å². The summed E-state index contributed by atoms with van der Waals surface area (Å²) in [5.41, 5.74) is 5.33. The van der Waals surface area contributed by atoms with Gasteiger partial charge < -0.3 is 18.9 Å². The molecule has 0 bridgehead atoms. The number of fused-ring (bicyclic) bond motifs is 1. The summed E-state index contributed by atoms with van der Waals surface area (Å²) in [5, 5.41) is 12.2. The normalized spacial score (nSPS) is 14.1. The first-order chi connectivity index (χ1) is 22.9. The summed E-state index contributed by atoms with van der Waals surface area (Å²) < 4.78 is 25.7. The van der Waals surface area contributed by atoms with Crippen LogP contribution in [0.15, 0.2) is 66.7 Å². The SMILES string of the molecule is CCOc1nc2cccc(C(=O)O[C@H](C)OC(=O)OC3CCCCC3)c2n1Cc1ccc(-c2ccccc2-c2nnnn2CC)cc1. The van der Waals surface area contributed by atoms with Crippen LogP contribution >= 0.6 is 0 Å². The van der Waals surface area contributed by atoms with Crippen molar-refractivity contribution in [1.82, 2.24) is 29.8 Å². The molecule has 1 aliphatic carbocycles. The molecule has 0 aliphatic heterocycles. The zero-order valence-electron chi connectivity index (χ0n) is 26.8. The van der Waals surface area contributed by atoms with E-state index in [1.165, 1.54) is 6.92 Å². The summed E-state index contributed by atoms with van der Waals surface area (Å²) in [7, 11) is 0. The van der Waals surface area contributed by atoms with E-state index in [2.05, 4.69) is 20.5 Å². The number of hydrogen-bond donors (Lipinski definition) is 0. The molecule has 244 valence electrons. The maximum Gasteiger partial charge on any atom is 0.511 e. The van der Waals surface area contributed by atoms with Crippen molar-refractivity contribution in [2.24, 2.45) is 0 Å². The number of ether oxygens (including phenoxy) is 4. The minimum atomic E-state index is -1.14. The number of aryl methyl sites for hydroxylation is 1. The third-order valence-corrected chi connectivity index (χ3v) is 8.18. The summed E-state index contributed by atoms with van der Waals surface area (Å²) in [4.78, 5) is 30.4. The number of carbonyl (C=O) groups excluding carboxylic acids is 2. The summed E-state index contributed by atoms with van der Waals surface area (Å²) in [6.45, 7) is 6.81. The van der Waals surface area contributed by atoms with Gasteiger partial charge in [-0.05, 0) is 78.8 Å². The third kappa shape index (κ3) is 7.11. The second-order valence-electron chi connectivity index (χ2n) is 11.4. The van der Waals surface area contributed by atoms with Gasteiger partial charge in [-0.1, -0.05) is 61.0 Å². The highest BCUT2D eigenvalue weighted by molar-refractivity contribution is 6.02. The van der Waals surface area contributed by atoms with Crippen molar-refractivity contribution in [3.63, 3.8) is 0 Å². The lowest BCUT2D eigenvalue weighted by Crippen LogP contribution is -2.26. The Balaban J connectivity index is 1.23. The number of benzene rings is 3. The van der Waals surface area contributed by atoms with Gasteiger partial charge in [0.25, 0.3) is 6.01 Å². The number of nitrogens with zero attached hydrogens (tertiary/aromatic N) is 6. The topological polar surface area (TPSA) is 132 Å². The molecule has 6 rings (SSSR count). The van der Waals surface area contributed by atoms with Crippen LogP contribution in [0.25, 0.3) is 33.5 Å². The lowest BCUT2D eigenvalue weighted by Gasteiger charge is -2.22. The van der Waals surface area contributed by atoms with Crippen LogP contribution in [0.5, 0.6) is 6.01 Å². The second kappa shape index (κ2) is 14.4. The van der Waals surface area contributed by atoms with Crippen molar-refractivity contribution in [3.8, 4) is 28.5 Å². The molecule has 5 aromatic rings. The molecule has 0 saturated heterocycles. The molecule has 1 aliphatic rings. The lowest BCUT2D eigenvalue weighted by atomic mass is 9.98. The Bertz CT molecular complexity index is 1840. The zero-order chi connectivity index (χ0) is 32.8. The van der Waals surface area contributed by atoms with Gasteiger partial charge in [0, 0.05) is 19.0 Å². The minimum absolute atomic E-state index is 0.164. The number of rotatable bonds is 11. The Morgan fingerprint density at radius 3 is 2.43 bits per heavy atom. The van der Waals surface area contributed by atoms with E-state index in [9.17, 15) is 9.59 Å². The summed E-state index contributed by atoms with van der Waals surface area (Å²) >= 11 is 0. The number of imidazole rings is 1. The maximum atomic E-state index is 13.4. The fourth-order valence-electron chi connectivity index (χ4n) is 5.95. The molecule has 0 amide bonds. The predicted molar refractivity (Wildman–Crippen MR) is 174 cm³/mol. The van der Waals surface area contributed by atoms with E-state index in [0.717, 1.165) is 54.4 Å². The highest BCUT2D eigenvalue weighted by Gasteiger charge is 2.25. The van der Waals surface area contributed by atoms with Crippen molar-refractivity contribution in [2.45, 2.75) is 78.4 Å². The Hall–Kier alpha value is -5.26. The fraction of sp³-hybridized carbons (Fsp3) is 0.371. The standard InChI is InChI=1S/C35H38N6O6/c1-4-41-32(37-38-39-41)28-15-10-9-14-27(28)25-20-18-24(19-21-25)22-40-31-29(16-11-17-30(31)36-34(40)44-5-2)33(42)45-23(3)46-35(43)47-26-12-7-6-8-13-26/h9-11,14-21,23,26H,4-8,12-13,22H2,1-3H3/t23-/m0/s1. The van der Waals surface area contributed by atoms with Gasteiger partial charge in [-0.2, -0.15) is 4.98 Å². The summed E-state index contributed by atoms with van der Waals surface area (Å²) in [6, 6.07) is 21.8. The first-order valence-corrected chi connectivity index (χ1v) is 16.1. The smallest absolute Gasteiger partial charge is 0.465 e. The van der Waals surface area contributed by atoms with Crippen molar-refractivity contribution in [2.75, 3.05) is 6.61 Å². The molecule has 1 atom stereocenters. The highest BCUT2D eigenvalue weighted by Crippen LogP contribution is 2.32. The highest BCUT2D eigenvalue weighted by atomic mass is 16.8. The van der Waals surface area contributed by atoms with Crippen molar-refractivity contribution < 1.29 is 28.5 Å². The molecule has 2 aromatic heterocycles. The molecule has 2 heterocycles. The van der Waals surface area contributed by atoms with E-state index in [0.29, 0.717) is 42.6 Å². The van der Waals surface area contributed by atoms with Gasteiger partial charge in [-0.3, -0.25) is 4.57 Å². The third-order valence-electron chi connectivity index (χ3n) is 8.18. The maximum absolute atomic E-state index is 13.4. The van der Waals surface area contributed by atoms with Crippen LogP contribution in [0, 0.1) is 0 Å². The number of aromatic nitrogens is 6. The fourth-order valence-corrected chi connectivity index (χ4v) is 5.95.